The Balaban J connectivity index is 2.30. The maximum Gasteiger partial charge on any atom is 0.214 e. The average molecular weight is 320 g/mol. The molecule has 0 bridgehead atoms. The van der Waals surface area contributed by atoms with Crippen LogP contribution in [0.25, 0.3) is 0 Å². The van der Waals surface area contributed by atoms with Crippen LogP contribution < -0.4 is 4.74 Å². The largest absolute Gasteiger partial charge is 0.494 e. The van der Waals surface area contributed by atoms with Gasteiger partial charge in [-0.3, -0.25) is 0 Å². The molecule has 1 rings (SSSR count). The fourth-order valence-electron chi connectivity index (χ4n) is 1.66. The van der Waals surface area contributed by atoms with Crippen molar-refractivity contribution in [2.45, 2.75) is 13.3 Å². The molecule has 0 aromatic heterocycles. The van der Waals surface area contributed by atoms with Crippen molar-refractivity contribution in [1.82, 2.24) is 4.31 Å². The summed E-state index contributed by atoms with van der Waals surface area (Å²) in [6.45, 7) is 2.77. The molecule has 1 aromatic carbocycles. The van der Waals surface area contributed by atoms with E-state index in [9.17, 15) is 8.42 Å². The maximum atomic E-state index is 12.0. The lowest BCUT2D eigenvalue weighted by atomic mass is 10.3. The molecule has 0 aliphatic heterocycles. The van der Waals surface area contributed by atoms with E-state index in [0.29, 0.717) is 25.5 Å². The number of sulfonamides is 1. The summed E-state index contributed by atoms with van der Waals surface area (Å²) < 4.78 is 30.9. The minimum atomic E-state index is -3.22. The molecule has 0 aliphatic rings. The molecular formula is C14H22ClNO3S. The Hall–Kier alpha value is -0.780. The molecule has 1 unspecified atom stereocenters. The van der Waals surface area contributed by atoms with Gasteiger partial charge in [-0.1, -0.05) is 25.1 Å². The lowest BCUT2D eigenvalue weighted by molar-refractivity contribution is 0.296. The molecule has 4 nitrogen and oxygen atoms in total. The number of benzene rings is 1. The Bertz CT molecular complexity index is 478. The lowest BCUT2D eigenvalue weighted by Gasteiger charge is -2.19. The van der Waals surface area contributed by atoms with Gasteiger partial charge < -0.3 is 4.74 Å². The summed E-state index contributed by atoms with van der Waals surface area (Å²) >= 11 is 5.65. The molecule has 0 saturated carbocycles. The first-order chi connectivity index (χ1) is 9.45. The van der Waals surface area contributed by atoms with E-state index in [0.717, 1.165) is 5.75 Å². The Kier molecular flexibility index (Phi) is 7.34. The summed E-state index contributed by atoms with van der Waals surface area (Å²) in [5, 5.41) is 0. The fraction of sp³-hybridized carbons (Fsp3) is 0.571. The van der Waals surface area contributed by atoms with Gasteiger partial charge in [0, 0.05) is 19.5 Å². The number of halogens is 1. The molecule has 0 saturated heterocycles. The molecule has 114 valence electrons. The first-order valence-corrected chi connectivity index (χ1v) is 8.78. The molecular weight excluding hydrogens is 298 g/mol. The summed E-state index contributed by atoms with van der Waals surface area (Å²) in [6, 6.07) is 9.48. The molecule has 0 fully saturated rings. The molecule has 0 N–H and O–H groups in total. The number of para-hydroxylation sites is 1. The molecule has 1 aromatic rings. The molecule has 0 amide bonds. The highest BCUT2D eigenvalue weighted by atomic mass is 35.5. The highest BCUT2D eigenvalue weighted by Gasteiger charge is 2.20. The van der Waals surface area contributed by atoms with Crippen molar-refractivity contribution in [1.29, 1.82) is 0 Å². The van der Waals surface area contributed by atoms with Gasteiger partial charge in [0.1, 0.15) is 5.75 Å². The van der Waals surface area contributed by atoms with Gasteiger partial charge in [0.05, 0.1) is 12.4 Å². The molecule has 0 spiro atoms. The monoisotopic (exact) mass is 319 g/mol. The number of hydrogen-bond acceptors (Lipinski definition) is 3. The molecule has 0 aliphatic carbocycles. The number of ether oxygens (including phenoxy) is 1. The van der Waals surface area contributed by atoms with Gasteiger partial charge in [-0.05, 0) is 24.5 Å². The van der Waals surface area contributed by atoms with Crippen molar-refractivity contribution in [2.75, 3.05) is 31.8 Å². The van der Waals surface area contributed by atoms with Crippen LogP contribution in [0.3, 0.4) is 0 Å². The van der Waals surface area contributed by atoms with E-state index in [1.165, 1.54) is 4.31 Å². The van der Waals surface area contributed by atoms with Crippen molar-refractivity contribution in [3.05, 3.63) is 30.3 Å². The highest BCUT2D eigenvalue weighted by Crippen LogP contribution is 2.10. The Morgan fingerprint density at radius 2 is 1.95 bits per heavy atom. The minimum absolute atomic E-state index is 0.0373. The van der Waals surface area contributed by atoms with E-state index < -0.39 is 10.0 Å². The third-order valence-corrected chi connectivity index (χ3v) is 5.51. The number of nitrogens with zero attached hydrogens (tertiary/aromatic N) is 1. The number of hydrogen-bond donors (Lipinski definition) is 0. The van der Waals surface area contributed by atoms with Gasteiger partial charge in [-0.2, -0.15) is 0 Å². The second-order valence-corrected chi connectivity index (χ2v) is 7.30. The molecule has 0 radical (unpaired) electrons. The van der Waals surface area contributed by atoms with Gasteiger partial charge in [-0.15, -0.1) is 11.6 Å². The Labute approximate surface area is 126 Å². The van der Waals surface area contributed by atoms with Crippen LogP contribution in [0.2, 0.25) is 0 Å². The van der Waals surface area contributed by atoms with E-state index >= 15 is 0 Å². The lowest BCUT2D eigenvalue weighted by Crippen LogP contribution is -2.33. The van der Waals surface area contributed by atoms with E-state index in [-0.39, 0.29) is 11.7 Å². The van der Waals surface area contributed by atoms with E-state index in [1.807, 2.05) is 37.3 Å². The molecule has 6 heteroatoms. The van der Waals surface area contributed by atoms with E-state index in [1.54, 1.807) is 7.05 Å². The summed E-state index contributed by atoms with van der Waals surface area (Å²) in [6.07, 6.45) is 0.653. The zero-order chi connectivity index (χ0) is 15.0. The summed E-state index contributed by atoms with van der Waals surface area (Å²) in [5.74, 6) is 1.20. The highest BCUT2D eigenvalue weighted by molar-refractivity contribution is 7.89. The summed E-state index contributed by atoms with van der Waals surface area (Å²) in [7, 11) is -1.63. The summed E-state index contributed by atoms with van der Waals surface area (Å²) in [5.41, 5.74) is 0. The third-order valence-electron chi connectivity index (χ3n) is 2.86. The SMILES string of the molecule is CC(CCl)CS(=O)(=O)N(C)CCCOc1ccccc1. The first-order valence-electron chi connectivity index (χ1n) is 6.63. The van der Waals surface area contributed by atoms with Crippen molar-refractivity contribution in [3.63, 3.8) is 0 Å². The fourth-order valence-corrected chi connectivity index (χ4v) is 3.40. The zero-order valence-electron chi connectivity index (χ0n) is 12.0. The number of alkyl halides is 1. The van der Waals surface area contributed by atoms with Crippen LogP contribution in [0.4, 0.5) is 0 Å². The van der Waals surface area contributed by atoms with Crippen LogP contribution in [0.1, 0.15) is 13.3 Å². The van der Waals surface area contributed by atoms with Crippen LogP contribution in [0.15, 0.2) is 30.3 Å². The van der Waals surface area contributed by atoms with Crippen molar-refractivity contribution in [2.24, 2.45) is 5.92 Å². The van der Waals surface area contributed by atoms with Crippen molar-refractivity contribution < 1.29 is 13.2 Å². The third kappa shape index (κ3) is 6.11. The molecule has 0 heterocycles. The Morgan fingerprint density at radius 1 is 1.30 bits per heavy atom. The van der Waals surface area contributed by atoms with Gasteiger partial charge in [-0.25, -0.2) is 12.7 Å². The van der Waals surface area contributed by atoms with Gasteiger partial charge in [0.2, 0.25) is 10.0 Å². The predicted molar refractivity (Wildman–Crippen MR) is 82.9 cm³/mol. The zero-order valence-corrected chi connectivity index (χ0v) is 13.5. The van der Waals surface area contributed by atoms with Crippen LogP contribution in [-0.2, 0) is 10.0 Å². The smallest absolute Gasteiger partial charge is 0.214 e. The second kappa shape index (κ2) is 8.49. The predicted octanol–water partition coefficient (Wildman–Crippen LogP) is 2.59. The van der Waals surface area contributed by atoms with Crippen LogP contribution in [0.5, 0.6) is 5.75 Å². The first kappa shape index (κ1) is 17.3. The number of rotatable bonds is 9. The topological polar surface area (TPSA) is 46.6 Å². The van der Waals surface area contributed by atoms with Crippen LogP contribution in [0, 0.1) is 5.92 Å². The molecule has 1 atom stereocenters. The normalized spacial score (nSPS) is 13.4. The van der Waals surface area contributed by atoms with E-state index in [2.05, 4.69) is 0 Å². The van der Waals surface area contributed by atoms with Gasteiger partial charge in [0.25, 0.3) is 0 Å². The maximum absolute atomic E-state index is 12.0. The van der Waals surface area contributed by atoms with Gasteiger partial charge >= 0.3 is 0 Å². The Morgan fingerprint density at radius 3 is 2.55 bits per heavy atom. The van der Waals surface area contributed by atoms with E-state index in [4.69, 9.17) is 16.3 Å². The van der Waals surface area contributed by atoms with Crippen molar-refractivity contribution >= 4 is 21.6 Å². The van der Waals surface area contributed by atoms with Gasteiger partial charge in [0.15, 0.2) is 0 Å². The quantitative estimate of drug-likeness (QED) is 0.519. The molecule has 20 heavy (non-hydrogen) atoms. The average Bonchev–Trinajstić information content (AvgIpc) is 2.43. The minimum Gasteiger partial charge on any atom is -0.494 e. The standard InChI is InChI=1S/C14H22ClNO3S/c1-13(11-15)12-20(17,18)16(2)9-6-10-19-14-7-4-3-5-8-14/h3-5,7-8,13H,6,9-12H2,1-2H3. The van der Waals surface area contributed by atoms with Crippen LogP contribution >= 0.6 is 11.6 Å². The van der Waals surface area contributed by atoms with Crippen molar-refractivity contribution in [3.8, 4) is 5.75 Å². The summed E-state index contributed by atoms with van der Waals surface area (Å²) in [4.78, 5) is 0. The second-order valence-electron chi connectivity index (χ2n) is 4.87. The van der Waals surface area contributed by atoms with Crippen LogP contribution in [-0.4, -0.2) is 44.6 Å².